The Balaban J connectivity index is 2.30. The Kier molecular flexibility index (Phi) is 3.38. The smallest absolute Gasteiger partial charge is 0.448 e. The van der Waals surface area contributed by atoms with Gasteiger partial charge in [-0.3, -0.25) is 0 Å². The van der Waals surface area contributed by atoms with Gasteiger partial charge in [0.2, 0.25) is 5.92 Å². The van der Waals surface area contributed by atoms with Gasteiger partial charge in [0.1, 0.15) is 5.60 Å². The molecule has 0 N–H and O–H groups in total. The minimum absolute atomic E-state index is 0.407. The second kappa shape index (κ2) is 4.29. The van der Waals surface area contributed by atoms with Crippen molar-refractivity contribution in [3.05, 3.63) is 0 Å². The standard InChI is InChI=1S/C13H20BF5NO2/c1-10(2,3)22-9(21)20-6-8-12(13(8,15)16,14(17,18)19)11(4,5)7-20/h8H,6-7H2,1-5H3/q-1. The molecule has 1 heterocycles. The lowest BCUT2D eigenvalue weighted by Gasteiger charge is -2.47. The van der Waals surface area contributed by atoms with Crippen LogP contribution in [0.1, 0.15) is 34.6 Å². The molecule has 1 saturated carbocycles. The Morgan fingerprint density at radius 2 is 1.73 bits per heavy atom. The van der Waals surface area contributed by atoms with Gasteiger partial charge in [-0.1, -0.05) is 13.8 Å². The monoisotopic (exact) mass is 328 g/mol. The van der Waals surface area contributed by atoms with E-state index in [1.54, 1.807) is 20.8 Å². The molecule has 2 rings (SSSR count). The number of hydrogen-bond donors (Lipinski definition) is 0. The normalized spacial score (nSPS) is 33.2. The highest BCUT2D eigenvalue weighted by Gasteiger charge is 2.91. The van der Waals surface area contributed by atoms with Gasteiger partial charge in [-0.2, -0.15) is 0 Å². The van der Waals surface area contributed by atoms with E-state index in [1.165, 1.54) is 0 Å². The van der Waals surface area contributed by atoms with Crippen LogP contribution in [0.3, 0.4) is 0 Å². The minimum Gasteiger partial charge on any atom is -0.448 e. The Morgan fingerprint density at radius 3 is 2.09 bits per heavy atom. The van der Waals surface area contributed by atoms with Gasteiger partial charge in [-0.15, -0.1) is 0 Å². The highest BCUT2D eigenvalue weighted by Crippen LogP contribution is 2.85. The molecule has 2 aliphatic rings. The third-order valence-electron chi connectivity index (χ3n) is 4.73. The molecule has 0 bridgehead atoms. The predicted octanol–water partition coefficient (Wildman–Crippen LogP) is 4.12. The molecule has 0 spiro atoms. The fourth-order valence-corrected chi connectivity index (χ4v) is 3.93. The summed E-state index contributed by atoms with van der Waals surface area (Å²) in [6.45, 7) is 0.329. The van der Waals surface area contributed by atoms with E-state index in [0.29, 0.717) is 0 Å². The van der Waals surface area contributed by atoms with Crippen molar-refractivity contribution in [2.75, 3.05) is 13.1 Å². The molecule has 1 aliphatic carbocycles. The van der Waals surface area contributed by atoms with E-state index in [4.69, 9.17) is 4.74 Å². The molecule has 22 heavy (non-hydrogen) atoms. The number of alkyl halides is 2. The third kappa shape index (κ3) is 2.11. The van der Waals surface area contributed by atoms with Gasteiger partial charge in [0.05, 0.1) is 0 Å². The van der Waals surface area contributed by atoms with E-state index >= 15 is 0 Å². The summed E-state index contributed by atoms with van der Waals surface area (Å²) in [5.74, 6) is -5.73. The predicted molar refractivity (Wildman–Crippen MR) is 71.8 cm³/mol. The number of rotatable bonds is 1. The van der Waals surface area contributed by atoms with Gasteiger partial charge in [0.15, 0.2) is 0 Å². The van der Waals surface area contributed by atoms with Crippen molar-refractivity contribution in [1.82, 2.24) is 4.90 Å². The molecular formula is C13H20BF5NO2-. The summed E-state index contributed by atoms with van der Waals surface area (Å²) in [5.41, 5.74) is -2.61. The van der Waals surface area contributed by atoms with Crippen LogP contribution >= 0.6 is 0 Å². The van der Waals surface area contributed by atoms with E-state index in [2.05, 4.69) is 0 Å². The van der Waals surface area contributed by atoms with Gasteiger partial charge in [0, 0.05) is 24.3 Å². The lowest BCUT2D eigenvalue weighted by atomic mass is 9.52. The number of nitrogens with zero attached hydrogens (tertiary/aromatic N) is 1. The second-order valence-electron chi connectivity index (χ2n) is 7.86. The molecule has 0 aromatic carbocycles. The largest absolute Gasteiger partial charge is 0.491 e. The molecule has 9 heteroatoms. The Hall–Kier alpha value is -1.02. The van der Waals surface area contributed by atoms with Crippen LogP contribution in [0.4, 0.5) is 26.5 Å². The van der Waals surface area contributed by atoms with Crippen molar-refractivity contribution in [2.45, 2.75) is 51.5 Å². The molecule has 2 atom stereocenters. The molecule has 2 unspecified atom stereocenters. The van der Waals surface area contributed by atoms with Crippen molar-refractivity contribution in [2.24, 2.45) is 11.3 Å². The van der Waals surface area contributed by atoms with E-state index in [1.807, 2.05) is 0 Å². The Morgan fingerprint density at radius 1 is 1.23 bits per heavy atom. The fraction of sp³-hybridized carbons (Fsp3) is 0.923. The van der Waals surface area contributed by atoms with E-state index in [9.17, 15) is 26.5 Å². The van der Waals surface area contributed by atoms with Crippen LogP contribution in [0.25, 0.3) is 0 Å². The number of fused-ring (bicyclic) bond motifs is 1. The van der Waals surface area contributed by atoms with Crippen LogP contribution in [0.15, 0.2) is 0 Å². The highest BCUT2D eigenvalue weighted by molar-refractivity contribution is 6.64. The lowest BCUT2D eigenvalue weighted by Crippen LogP contribution is -2.53. The number of piperidine rings is 1. The molecule has 2 fully saturated rings. The summed E-state index contributed by atoms with van der Waals surface area (Å²) in [6, 6.07) is 0. The van der Waals surface area contributed by atoms with Crippen molar-refractivity contribution >= 4 is 13.1 Å². The number of likely N-dealkylation sites (tertiary alicyclic amines) is 1. The van der Waals surface area contributed by atoms with E-state index in [0.717, 1.165) is 18.7 Å². The molecule has 0 aromatic rings. The summed E-state index contributed by atoms with van der Waals surface area (Å²) in [5, 5.41) is -3.00. The van der Waals surface area contributed by atoms with Gasteiger partial charge in [0.25, 0.3) is 0 Å². The van der Waals surface area contributed by atoms with Crippen LogP contribution in [-0.4, -0.2) is 42.6 Å². The van der Waals surface area contributed by atoms with E-state index < -0.39 is 54.3 Å². The maximum absolute atomic E-state index is 14.0. The third-order valence-corrected chi connectivity index (χ3v) is 4.73. The Bertz CT molecular complexity index is 500. The summed E-state index contributed by atoms with van der Waals surface area (Å²) in [4.78, 5) is 13.0. The summed E-state index contributed by atoms with van der Waals surface area (Å²) >= 11 is 0. The Labute approximate surface area is 126 Å². The van der Waals surface area contributed by atoms with Crippen molar-refractivity contribution < 1.29 is 31.3 Å². The molecule has 0 aromatic heterocycles. The number of hydrogen-bond acceptors (Lipinski definition) is 2. The maximum atomic E-state index is 14.0. The molecule has 1 amide bonds. The first-order valence-electron chi connectivity index (χ1n) is 7.13. The molecule has 1 aliphatic heterocycles. The number of amides is 1. The van der Waals surface area contributed by atoms with E-state index in [-0.39, 0.29) is 0 Å². The molecule has 1 saturated heterocycles. The summed E-state index contributed by atoms with van der Waals surface area (Å²) < 4.78 is 73.4. The molecule has 128 valence electrons. The first-order chi connectivity index (χ1) is 9.58. The van der Waals surface area contributed by atoms with Gasteiger partial charge >= 0.3 is 13.1 Å². The average Bonchev–Trinajstić information content (AvgIpc) is 2.73. The number of carbonyl (C=O) groups excluding carboxylic acids is 1. The first kappa shape index (κ1) is 17.3. The topological polar surface area (TPSA) is 29.5 Å². The van der Waals surface area contributed by atoms with Crippen LogP contribution in [0, 0.1) is 11.3 Å². The number of carbonyl (C=O) groups is 1. The quantitative estimate of drug-likeness (QED) is 0.535. The van der Waals surface area contributed by atoms with Crippen LogP contribution < -0.4 is 0 Å². The van der Waals surface area contributed by atoms with Crippen LogP contribution in [0.5, 0.6) is 0 Å². The summed E-state index contributed by atoms with van der Waals surface area (Å²) in [7, 11) is 0. The van der Waals surface area contributed by atoms with Crippen molar-refractivity contribution in [1.29, 1.82) is 0 Å². The van der Waals surface area contributed by atoms with Crippen LogP contribution in [-0.2, 0) is 4.74 Å². The van der Waals surface area contributed by atoms with Gasteiger partial charge in [-0.25, -0.2) is 13.6 Å². The van der Waals surface area contributed by atoms with Crippen molar-refractivity contribution in [3.63, 3.8) is 0 Å². The summed E-state index contributed by atoms with van der Waals surface area (Å²) in [6.07, 6.45) is -0.855. The zero-order chi connectivity index (χ0) is 17.4. The first-order valence-corrected chi connectivity index (χ1v) is 7.13. The molecule has 3 nitrogen and oxygen atoms in total. The zero-order valence-corrected chi connectivity index (χ0v) is 13.2. The van der Waals surface area contributed by atoms with Crippen molar-refractivity contribution in [3.8, 4) is 0 Å². The number of ether oxygens (including phenoxy) is 1. The number of halogens is 5. The SMILES string of the molecule is CC(C)(C)OC(=O)N1CC2C(F)(F)C2([B-](F)(F)F)C(C)(C)C1. The van der Waals surface area contributed by atoms with Gasteiger partial charge in [-0.05, 0) is 26.2 Å². The van der Waals surface area contributed by atoms with Crippen LogP contribution in [0.2, 0.25) is 5.31 Å². The average molecular weight is 328 g/mol. The minimum atomic E-state index is -5.74. The zero-order valence-electron chi connectivity index (χ0n) is 13.2. The van der Waals surface area contributed by atoms with Gasteiger partial charge < -0.3 is 22.6 Å². The molecular weight excluding hydrogens is 308 g/mol. The lowest BCUT2D eigenvalue weighted by molar-refractivity contribution is 0.00448. The maximum Gasteiger partial charge on any atom is 0.491 e. The fourth-order valence-electron chi connectivity index (χ4n) is 3.93. The molecule has 0 radical (unpaired) electrons. The highest BCUT2D eigenvalue weighted by atomic mass is 19.4. The second-order valence-corrected chi connectivity index (χ2v) is 7.86.